The summed E-state index contributed by atoms with van der Waals surface area (Å²) in [4.78, 5) is 25.7. The van der Waals surface area contributed by atoms with Crippen LogP contribution in [0.3, 0.4) is 0 Å². The van der Waals surface area contributed by atoms with Gasteiger partial charge >= 0.3 is 5.97 Å². The maximum atomic E-state index is 12.5. The van der Waals surface area contributed by atoms with Crippen molar-refractivity contribution in [3.63, 3.8) is 0 Å². The Morgan fingerprint density at radius 1 is 1.10 bits per heavy atom. The summed E-state index contributed by atoms with van der Waals surface area (Å²) in [6.45, 7) is 4.84. The highest BCUT2D eigenvalue weighted by molar-refractivity contribution is 7.17. The van der Waals surface area contributed by atoms with E-state index in [4.69, 9.17) is 9.47 Å². The summed E-state index contributed by atoms with van der Waals surface area (Å²) in [5.74, 6) is 0.761. The lowest BCUT2D eigenvalue weighted by atomic mass is 10.1. The summed E-state index contributed by atoms with van der Waals surface area (Å²) >= 11 is 1.64. The van der Waals surface area contributed by atoms with Gasteiger partial charge in [0.15, 0.2) is 0 Å². The van der Waals surface area contributed by atoms with Gasteiger partial charge in [-0.05, 0) is 29.1 Å². The third kappa shape index (κ3) is 4.11. The molecule has 0 spiro atoms. The monoisotopic (exact) mass is 424 g/mol. The van der Waals surface area contributed by atoms with Crippen LogP contribution in [0.1, 0.15) is 12.0 Å². The zero-order valence-electron chi connectivity index (χ0n) is 16.7. The number of benzene rings is 1. The Labute approximate surface area is 179 Å². The maximum Gasteiger partial charge on any atom is 0.310 e. The van der Waals surface area contributed by atoms with Gasteiger partial charge < -0.3 is 19.3 Å². The minimum atomic E-state index is -0.176. The highest BCUT2D eigenvalue weighted by Gasteiger charge is 2.28. The van der Waals surface area contributed by atoms with Crippen LogP contribution in [0.5, 0.6) is 0 Å². The van der Waals surface area contributed by atoms with E-state index in [9.17, 15) is 4.79 Å². The van der Waals surface area contributed by atoms with Crippen molar-refractivity contribution in [2.45, 2.75) is 18.9 Å². The fraction of sp³-hybridized carbons (Fsp3) is 0.409. The topological polar surface area (TPSA) is 67.8 Å². The molecule has 7 nitrogen and oxygen atoms in total. The molecule has 3 aromatic rings. The Kier molecular flexibility index (Phi) is 5.50. The van der Waals surface area contributed by atoms with Crippen LogP contribution in [0.2, 0.25) is 0 Å². The quantitative estimate of drug-likeness (QED) is 0.584. The van der Waals surface area contributed by atoms with Crippen molar-refractivity contribution < 1.29 is 14.3 Å². The zero-order valence-corrected chi connectivity index (χ0v) is 17.5. The minimum absolute atomic E-state index is 0.102. The molecule has 0 saturated carbocycles. The molecule has 0 bridgehead atoms. The molecule has 4 heterocycles. The lowest BCUT2D eigenvalue weighted by Gasteiger charge is -2.28. The zero-order chi connectivity index (χ0) is 20.3. The summed E-state index contributed by atoms with van der Waals surface area (Å²) in [7, 11) is 0. The second kappa shape index (κ2) is 8.57. The van der Waals surface area contributed by atoms with Crippen molar-refractivity contribution in [2.24, 2.45) is 0 Å². The molecular weight excluding hydrogens is 400 g/mol. The summed E-state index contributed by atoms with van der Waals surface area (Å²) < 4.78 is 12.2. The molecule has 0 radical (unpaired) electrons. The molecule has 0 N–H and O–H groups in total. The summed E-state index contributed by atoms with van der Waals surface area (Å²) in [6.07, 6.45) is 2.61. The SMILES string of the molecule is O=C(Cc1ccc(N2CCOCC2)cc1)OC1CCN(c2ncnc3ccsc23)C1. The first-order valence-electron chi connectivity index (χ1n) is 10.3. The van der Waals surface area contributed by atoms with Gasteiger partial charge in [0.25, 0.3) is 0 Å². The fourth-order valence-electron chi connectivity index (χ4n) is 4.06. The molecule has 1 unspecified atom stereocenters. The smallest absolute Gasteiger partial charge is 0.310 e. The van der Waals surface area contributed by atoms with Gasteiger partial charge in [-0.3, -0.25) is 4.79 Å². The predicted molar refractivity (Wildman–Crippen MR) is 117 cm³/mol. The van der Waals surface area contributed by atoms with Crippen LogP contribution in [0.15, 0.2) is 42.0 Å². The number of anilines is 2. The number of rotatable bonds is 5. The van der Waals surface area contributed by atoms with Crippen LogP contribution >= 0.6 is 11.3 Å². The number of carbonyl (C=O) groups excluding carboxylic acids is 1. The van der Waals surface area contributed by atoms with E-state index in [1.165, 1.54) is 5.69 Å². The highest BCUT2D eigenvalue weighted by Crippen LogP contribution is 2.30. The van der Waals surface area contributed by atoms with Crippen molar-refractivity contribution in [3.05, 3.63) is 47.6 Å². The molecule has 0 amide bonds. The molecule has 2 fully saturated rings. The van der Waals surface area contributed by atoms with Crippen molar-refractivity contribution in [1.82, 2.24) is 9.97 Å². The number of aromatic nitrogens is 2. The third-order valence-corrected chi connectivity index (χ3v) is 6.53. The second-order valence-electron chi connectivity index (χ2n) is 7.62. The first-order valence-corrected chi connectivity index (χ1v) is 11.2. The van der Waals surface area contributed by atoms with E-state index < -0.39 is 0 Å². The fourth-order valence-corrected chi connectivity index (χ4v) is 4.92. The Bertz CT molecular complexity index is 1020. The van der Waals surface area contributed by atoms with Crippen LogP contribution in [0.25, 0.3) is 10.2 Å². The minimum Gasteiger partial charge on any atom is -0.460 e. The van der Waals surface area contributed by atoms with Gasteiger partial charge in [-0.15, -0.1) is 11.3 Å². The molecule has 156 valence electrons. The number of esters is 1. The van der Waals surface area contributed by atoms with Crippen molar-refractivity contribution in [3.8, 4) is 0 Å². The van der Waals surface area contributed by atoms with Gasteiger partial charge in [-0.25, -0.2) is 9.97 Å². The van der Waals surface area contributed by atoms with Gasteiger partial charge in [0.2, 0.25) is 0 Å². The van der Waals surface area contributed by atoms with Gasteiger partial charge in [0.1, 0.15) is 18.2 Å². The van der Waals surface area contributed by atoms with Crippen LogP contribution < -0.4 is 9.80 Å². The molecule has 0 aliphatic carbocycles. The number of hydrogen-bond donors (Lipinski definition) is 0. The molecule has 2 aliphatic rings. The first-order chi connectivity index (χ1) is 14.8. The van der Waals surface area contributed by atoms with E-state index in [-0.39, 0.29) is 12.1 Å². The van der Waals surface area contributed by atoms with Gasteiger partial charge in [-0.2, -0.15) is 0 Å². The number of fused-ring (bicyclic) bond motifs is 1. The van der Waals surface area contributed by atoms with E-state index in [0.717, 1.165) is 60.9 Å². The summed E-state index contributed by atoms with van der Waals surface area (Å²) in [5.41, 5.74) is 3.11. The average molecular weight is 425 g/mol. The van der Waals surface area contributed by atoms with Crippen LogP contribution in [-0.2, 0) is 20.7 Å². The molecule has 2 aromatic heterocycles. The standard InChI is InChI=1S/C22H24N4O3S/c27-20(13-16-1-3-17(4-2-16)25-8-10-28-11-9-25)29-18-5-7-26(14-18)22-21-19(6-12-30-21)23-15-24-22/h1-4,6,12,15,18H,5,7-11,13-14H2. The van der Waals surface area contributed by atoms with Gasteiger partial charge in [0.05, 0.1) is 36.4 Å². The van der Waals surface area contributed by atoms with Crippen LogP contribution in [0.4, 0.5) is 11.5 Å². The normalized spacial score (nSPS) is 19.4. The lowest BCUT2D eigenvalue weighted by Crippen LogP contribution is -2.36. The van der Waals surface area contributed by atoms with E-state index >= 15 is 0 Å². The van der Waals surface area contributed by atoms with Crippen molar-refractivity contribution in [2.75, 3.05) is 49.2 Å². The Morgan fingerprint density at radius 2 is 1.93 bits per heavy atom. The van der Waals surface area contributed by atoms with Gasteiger partial charge in [0, 0.05) is 31.7 Å². The average Bonchev–Trinajstić information content (AvgIpc) is 3.44. The molecule has 5 rings (SSSR count). The van der Waals surface area contributed by atoms with Crippen molar-refractivity contribution in [1.29, 1.82) is 0 Å². The molecule has 8 heteroatoms. The Balaban J connectivity index is 1.16. The second-order valence-corrected chi connectivity index (χ2v) is 8.54. The van der Waals surface area contributed by atoms with E-state index in [0.29, 0.717) is 13.0 Å². The van der Waals surface area contributed by atoms with Crippen LogP contribution in [-0.4, -0.2) is 61.4 Å². The largest absolute Gasteiger partial charge is 0.460 e. The number of nitrogens with zero attached hydrogens (tertiary/aromatic N) is 4. The van der Waals surface area contributed by atoms with Gasteiger partial charge in [-0.1, -0.05) is 12.1 Å². The predicted octanol–water partition coefficient (Wildman–Crippen LogP) is 2.89. The summed E-state index contributed by atoms with van der Waals surface area (Å²) in [5, 5.41) is 2.03. The van der Waals surface area contributed by atoms with Crippen LogP contribution in [0, 0.1) is 0 Å². The number of thiophene rings is 1. The molecular formula is C22H24N4O3S. The molecule has 2 saturated heterocycles. The van der Waals surface area contributed by atoms with E-state index in [2.05, 4.69) is 31.9 Å². The number of morpholine rings is 1. The van der Waals surface area contributed by atoms with E-state index in [1.54, 1.807) is 17.7 Å². The maximum absolute atomic E-state index is 12.5. The molecule has 1 aromatic carbocycles. The number of carbonyl (C=O) groups is 1. The number of hydrogen-bond acceptors (Lipinski definition) is 8. The Hall–Kier alpha value is -2.71. The van der Waals surface area contributed by atoms with E-state index in [1.807, 2.05) is 23.6 Å². The lowest BCUT2D eigenvalue weighted by molar-refractivity contribution is -0.147. The molecule has 30 heavy (non-hydrogen) atoms. The Morgan fingerprint density at radius 3 is 2.77 bits per heavy atom. The number of ether oxygens (including phenoxy) is 2. The third-order valence-electron chi connectivity index (χ3n) is 5.63. The highest BCUT2D eigenvalue weighted by atomic mass is 32.1. The molecule has 2 aliphatic heterocycles. The summed E-state index contributed by atoms with van der Waals surface area (Å²) in [6, 6.07) is 10.2. The van der Waals surface area contributed by atoms with Crippen molar-refractivity contribution >= 4 is 39.0 Å². The molecule has 1 atom stereocenters. The first kappa shape index (κ1) is 19.3.